The van der Waals surface area contributed by atoms with Gasteiger partial charge in [-0.1, -0.05) is 95.9 Å². The third-order valence-electron chi connectivity index (χ3n) is 7.24. The third kappa shape index (κ3) is 8.26. The lowest BCUT2D eigenvalue weighted by Gasteiger charge is -2.29. The number of aromatic nitrogens is 1. The maximum Gasteiger partial charge on any atom is 0.137 e. The lowest BCUT2D eigenvalue weighted by molar-refractivity contribution is 0.302. The monoisotopic (exact) mass is 435 g/mol. The lowest BCUT2D eigenvalue weighted by atomic mass is 9.77. The molecule has 1 aromatic carbocycles. The van der Waals surface area contributed by atoms with Gasteiger partial charge in [0.15, 0.2) is 0 Å². The van der Waals surface area contributed by atoms with Gasteiger partial charge in [0.1, 0.15) is 5.75 Å². The zero-order valence-electron chi connectivity index (χ0n) is 20.7. The number of nitrogens with zero attached hydrogens (tertiary/aromatic N) is 1. The van der Waals surface area contributed by atoms with Crippen LogP contribution >= 0.6 is 0 Å². The van der Waals surface area contributed by atoms with Gasteiger partial charge in [-0.05, 0) is 61.6 Å². The van der Waals surface area contributed by atoms with Crippen molar-refractivity contribution in [3.05, 3.63) is 48.2 Å². The summed E-state index contributed by atoms with van der Waals surface area (Å²) in [6, 6.07) is 13.3. The van der Waals surface area contributed by atoms with Crippen molar-refractivity contribution < 1.29 is 4.74 Å². The van der Waals surface area contributed by atoms with Crippen LogP contribution in [0.3, 0.4) is 0 Å². The van der Waals surface area contributed by atoms with Crippen LogP contribution in [0.5, 0.6) is 5.75 Å². The van der Waals surface area contributed by atoms with Crippen molar-refractivity contribution in [2.75, 3.05) is 6.61 Å². The maximum atomic E-state index is 5.83. The van der Waals surface area contributed by atoms with E-state index < -0.39 is 0 Å². The van der Waals surface area contributed by atoms with Crippen molar-refractivity contribution in [1.82, 2.24) is 4.98 Å². The van der Waals surface area contributed by atoms with Gasteiger partial charge in [-0.2, -0.15) is 0 Å². The molecule has 2 nitrogen and oxygen atoms in total. The van der Waals surface area contributed by atoms with Crippen LogP contribution in [0.4, 0.5) is 0 Å². The highest BCUT2D eigenvalue weighted by Crippen LogP contribution is 2.38. The summed E-state index contributed by atoms with van der Waals surface area (Å²) in [5.41, 5.74) is 3.74. The van der Waals surface area contributed by atoms with E-state index in [1.54, 1.807) is 0 Å². The molecule has 1 heterocycles. The molecule has 0 N–H and O–H groups in total. The first-order valence-corrected chi connectivity index (χ1v) is 13.5. The molecule has 0 spiro atoms. The largest absolute Gasteiger partial charge is 0.492 e. The van der Waals surface area contributed by atoms with Crippen LogP contribution in [0.25, 0.3) is 11.3 Å². The molecule has 1 aliphatic rings. The molecule has 0 aliphatic heterocycles. The fraction of sp³-hybridized carbons (Fsp3) is 0.633. The molecule has 32 heavy (non-hydrogen) atoms. The molecule has 3 rings (SSSR count). The molecule has 0 atom stereocenters. The number of hydrogen-bond donors (Lipinski definition) is 0. The molecule has 2 aromatic rings. The normalized spacial score (nSPS) is 18.6. The molecule has 1 aliphatic carbocycles. The first kappa shape index (κ1) is 24.8. The molecule has 0 amide bonds. The molecule has 0 radical (unpaired) electrons. The number of benzene rings is 1. The van der Waals surface area contributed by atoms with Crippen molar-refractivity contribution >= 4 is 0 Å². The molecule has 0 saturated heterocycles. The van der Waals surface area contributed by atoms with E-state index in [0.29, 0.717) is 0 Å². The highest BCUT2D eigenvalue weighted by Gasteiger charge is 2.22. The van der Waals surface area contributed by atoms with Crippen LogP contribution in [0.15, 0.2) is 42.6 Å². The summed E-state index contributed by atoms with van der Waals surface area (Å²) >= 11 is 0. The van der Waals surface area contributed by atoms with Gasteiger partial charge < -0.3 is 4.74 Å². The van der Waals surface area contributed by atoms with Crippen LogP contribution in [0.1, 0.15) is 115 Å². The molecular weight excluding hydrogens is 390 g/mol. The minimum Gasteiger partial charge on any atom is -0.492 e. The Bertz CT molecular complexity index is 728. The van der Waals surface area contributed by atoms with Crippen LogP contribution in [0.2, 0.25) is 0 Å². The minimum atomic E-state index is 0.747. The molecule has 0 bridgehead atoms. The first-order chi connectivity index (χ1) is 15.8. The van der Waals surface area contributed by atoms with Crippen molar-refractivity contribution in [3.8, 4) is 17.0 Å². The summed E-state index contributed by atoms with van der Waals surface area (Å²) in [5.74, 6) is 2.60. The molecular formula is C30H45NO. The Morgan fingerprint density at radius 3 is 2.09 bits per heavy atom. The molecule has 1 fully saturated rings. The summed E-state index contributed by atoms with van der Waals surface area (Å²) in [5, 5.41) is 0. The Balaban J connectivity index is 1.41. The average molecular weight is 436 g/mol. The maximum absolute atomic E-state index is 5.83. The van der Waals surface area contributed by atoms with E-state index in [1.807, 2.05) is 6.20 Å². The molecule has 0 unspecified atom stereocenters. The van der Waals surface area contributed by atoms with Gasteiger partial charge in [0, 0.05) is 5.56 Å². The molecule has 1 aromatic heterocycles. The van der Waals surface area contributed by atoms with Gasteiger partial charge in [0.2, 0.25) is 0 Å². The number of rotatable bonds is 14. The summed E-state index contributed by atoms with van der Waals surface area (Å²) < 4.78 is 5.83. The van der Waals surface area contributed by atoms with Gasteiger partial charge >= 0.3 is 0 Å². The third-order valence-corrected chi connectivity index (χ3v) is 7.24. The van der Waals surface area contributed by atoms with Gasteiger partial charge in [-0.3, -0.25) is 4.98 Å². The molecule has 176 valence electrons. The van der Waals surface area contributed by atoms with Crippen molar-refractivity contribution in [3.63, 3.8) is 0 Å². The SMILES string of the molecule is CCCCCCCC1CCC(c2ccc(-c3ccc(OCCCCCC)cn3)cc2)CC1. The van der Waals surface area contributed by atoms with Gasteiger partial charge in [-0.25, -0.2) is 0 Å². The van der Waals surface area contributed by atoms with E-state index in [0.717, 1.165) is 36.3 Å². The predicted octanol–water partition coefficient (Wildman–Crippen LogP) is 9.34. The zero-order chi connectivity index (χ0) is 22.4. The van der Waals surface area contributed by atoms with Crippen molar-refractivity contribution in [2.24, 2.45) is 5.92 Å². The van der Waals surface area contributed by atoms with Gasteiger partial charge in [-0.15, -0.1) is 0 Å². The fourth-order valence-electron chi connectivity index (χ4n) is 5.10. The van der Waals surface area contributed by atoms with E-state index in [4.69, 9.17) is 4.74 Å². The summed E-state index contributed by atoms with van der Waals surface area (Å²) in [4.78, 5) is 4.64. The number of hydrogen-bond acceptors (Lipinski definition) is 2. The van der Waals surface area contributed by atoms with E-state index in [9.17, 15) is 0 Å². The fourth-order valence-corrected chi connectivity index (χ4v) is 5.10. The van der Waals surface area contributed by atoms with Crippen LogP contribution in [-0.2, 0) is 0 Å². The Morgan fingerprint density at radius 1 is 0.750 bits per heavy atom. The quantitative estimate of drug-likeness (QED) is 0.276. The second-order valence-corrected chi connectivity index (χ2v) is 9.83. The Kier molecular flexibility index (Phi) is 11.1. The van der Waals surface area contributed by atoms with Crippen molar-refractivity contribution in [2.45, 2.75) is 110 Å². The zero-order valence-corrected chi connectivity index (χ0v) is 20.7. The van der Waals surface area contributed by atoms with Crippen molar-refractivity contribution in [1.29, 1.82) is 0 Å². The minimum absolute atomic E-state index is 0.747. The summed E-state index contributed by atoms with van der Waals surface area (Å²) in [6.45, 7) is 5.32. The van der Waals surface area contributed by atoms with E-state index in [2.05, 4.69) is 55.2 Å². The van der Waals surface area contributed by atoms with Crippen LogP contribution in [0, 0.1) is 5.92 Å². The summed E-state index contributed by atoms with van der Waals surface area (Å²) in [7, 11) is 0. The standard InChI is InChI=1S/C30H45NO/c1-3-5-7-9-10-12-25-13-15-26(16-14-25)27-17-19-28(20-18-27)30-22-21-29(24-31-30)32-23-11-8-6-4-2/h17-22,24-26H,3-16,23H2,1-2H3. The van der Waals surface area contributed by atoms with E-state index >= 15 is 0 Å². The van der Waals surface area contributed by atoms with Gasteiger partial charge in [0.05, 0.1) is 18.5 Å². The predicted molar refractivity (Wildman–Crippen MR) is 137 cm³/mol. The molecule has 1 saturated carbocycles. The smallest absolute Gasteiger partial charge is 0.137 e. The second kappa shape index (κ2) is 14.3. The second-order valence-electron chi connectivity index (χ2n) is 9.83. The molecule has 2 heteroatoms. The first-order valence-electron chi connectivity index (χ1n) is 13.5. The Morgan fingerprint density at radius 2 is 1.44 bits per heavy atom. The Hall–Kier alpha value is -1.83. The van der Waals surface area contributed by atoms with E-state index in [-0.39, 0.29) is 0 Å². The number of unbranched alkanes of at least 4 members (excludes halogenated alkanes) is 7. The highest BCUT2D eigenvalue weighted by atomic mass is 16.5. The summed E-state index contributed by atoms with van der Waals surface area (Å²) in [6.07, 6.45) is 20.9. The number of ether oxygens (including phenoxy) is 1. The number of pyridine rings is 1. The highest BCUT2D eigenvalue weighted by molar-refractivity contribution is 5.60. The van der Waals surface area contributed by atoms with Crippen LogP contribution in [-0.4, -0.2) is 11.6 Å². The van der Waals surface area contributed by atoms with Gasteiger partial charge in [0.25, 0.3) is 0 Å². The topological polar surface area (TPSA) is 22.1 Å². The lowest BCUT2D eigenvalue weighted by Crippen LogP contribution is -2.13. The van der Waals surface area contributed by atoms with E-state index in [1.165, 1.54) is 94.6 Å². The Labute approximate surface area is 197 Å². The average Bonchev–Trinajstić information content (AvgIpc) is 2.85. The van der Waals surface area contributed by atoms with Crippen LogP contribution < -0.4 is 4.74 Å².